The average molecular weight is 268 g/mol. The molecule has 19 heavy (non-hydrogen) atoms. The van der Waals surface area contributed by atoms with Crippen LogP contribution in [-0.4, -0.2) is 30.6 Å². The summed E-state index contributed by atoms with van der Waals surface area (Å²) in [5, 5.41) is 3.52. The van der Waals surface area contributed by atoms with Crippen molar-refractivity contribution in [1.82, 2.24) is 10.2 Å². The van der Waals surface area contributed by atoms with Gasteiger partial charge in [0.05, 0.1) is 0 Å². The first-order chi connectivity index (χ1) is 9.08. The molecule has 1 aromatic rings. The number of piperazine rings is 1. The Morgan fingerprint density at radius 2 is 2.00 bits per heavy atom. The van der Waals surface area contributed by atoms with Crippen LogP contribution in [0.3, 0.4) is 0 Å². The van der Waals surface area contributed by atoms with E-state index in [0.29, 0.717) is 24.1 Å². The van der Waals surface area contributed by atoms with E-state index in [1.165, 1.54) is 12.1 Å². The molecule has 1 aromatic carbocycles. The molecule has 0 spiro atoms. The maximum absolute atomic E-state index is 13.2. The summed E-state index contributed by atoms with van der Waals surface area (Å²) in [7, 11) is 0. The van der Waals surface area contributed by atoms with Crippen molar-refractivity contribution >= 4 is 0 Å². The largest absolute Gasteiger partial charge is 0.311 e. The minimum Gasteiger partial charge on any atom is -0.311 e. The Labute approximate surface area is 113 Å². The molecule has 0 saturated carbocycles. The van der Waals surface area contributed by atoms with E-state index < -0.39 is 11.6 Å². The number of nitrogens with zero attached hydrogens (tertiary/aromatic N) is 1. The zero-order valence-corrected chi connectivity index (χ0v) is 11.6. The molecule has 0 aromatic heterocycles. The fraction of sp³-hybridized carbons (Fsp3) is 0.600. The summed E-state index contributed by atoms with van der Waals surface area (Å²) in [5.41, 5.74) is 0.710. The van der Waals surface area contributed by atoms with Gasteiger partial charge in [-0.15, -0.1) is 0 Å². The van der Waals surface area contributed by atoms with Crippen LogP contribution >= 0.6 is 0 Å². The van der Waals surface area contributed by atoms with Crippen molar-refractivity contribution in [2.24, 2.45) is 5.92 Å². The topological polar surface area (TPSA) is 15.3 Å². The van der Waals surface area contributed by atoms with Gasteiger partial charge in [0, 0.05) is 38.3 Å². The summed E-state index contributed by atoms with van der Waals surface area (Å²) >= 11 is 0. The third-order valence-electron chi connectivity index (χ3n) is 3.95. The molecule has 0 amide bonds. The van der Waals surface area contributed by atoms with E-state index in [-0.39, 0.29) is 0 Å². The van der Waals surface area contributed by atoms with Crippen molar-refractivity contribution < 1.29 is 8.78 Å². The molecule has 1 saturated heterocycles. The number of hydrogen-bond acceptors (Lipinski definition) is 2. The van der Waals surface area contributed by atoms with E-state index in [1.54, 1.807) is 0 Å². The number of nitrogens with one attached hydrogen (secondary N) is 1. The Morgan fingerprint density at radius 1 is 1.32 bits per heavy atom. The monoisotopic (exact) mass is 268 g/mol. The number of rotatable bonds is 4. The third-order valence-corrected chi connectivity index (χ3v) is 3.95. The summed E-state index contributed by atoms with van der Waals surface area (Å²) in [4.78, 5) is 2.27. The Bertz CT molecular complexity index is 402. The lowest BCUT2D eigenvalue weighted by atomic mass is 9.97. The minimum absolute atomic E-state index is 0.470. The summed E-state index contributed by atoms with van der Waals surface area (Å²) in [6.07, 6.45) is 1.14. The van der Waals surface area contributed by atoms with Crippen LogP contribution in [-0.2, 0) is 6.54 Å². The van der Waals surface area contributed by atoms with Gasteiger partial charge in [-0.1, -0.05) is 20.3 Å². The first-order valence-electron chi connectivity index (χ1n) is 6.99. The Morgan fingerprint density at radius 3 is 2.63 bits per heavy atom. The Kier molecular flexibility index (Phi) is 4.88. The Hall–Kier alpha value is -1.00. The van der Waals surface area contributed by atoms with E-state index in [1.807, 2.05) is 0 Å². The van der Waals surface area contributed by atoms with E-state index in [2.05, 4.69) is 24.1 Å². The smallest absolute Gasteiger partial charge is 0.126 e. The highest BCUT2D eigenvalue weighted by Gasteiger charge is 2.23. The highest BCUT2D eigenvalue weighted by Crippen LogP contribution is 2.15. The lowest BCUT2D eigenvalue weighted by molar-refractivity contribution is 0.162. The molecule has 0 radical (unpaired) electrons. The van der Waals surface area contributed by atoms with Gasteiger partial charge in [0.2, 0.25) is 0 Å². The van der Waals surface area contributed by atoms with Crippen molar-refractivity contribution in [2.75, 3.05) is 19.6 Å². The van der Waals surface area contributed by atoms with Gasteiger partial charge < -0.3 is 5.32 Å². The molecular weight excluding hydrogens is 246 g/mol. The summed E-state index contributed by atoms with van der Waals surface area (Å²) < 4.78 is 26.3. The van der Waals surface area contributed by atoms with Gasteiger partial charge in [0.15, 0.2) is 0 Å². The van der Waals surface area contributed by atoms with Crippen molar-refractivity contribution in [2.45, 2.75) is 32.9 Å². The van der Waals surface area contributed by atoms with Gasteiger partial charge in [-0.2, -0.15) is 0 Å². The molecule has 0 bridgehead atoms. The second-order valence-corrected chi connectivity index (χ2v) is 5.46. The molecule has 2 atom stereocenters. The van der Waals surface area contributed by atoms with E-state index in [4.69, 9.17) is 0 Å². The van der Waals surface area contributed by atoms with Crippen LogP contribution in [0, 0.1) is 17.6 Å². The van der Waals surface area contributed by atoms with Crippen LogP contribution in [0.2, 0.25) is 0 Å². The molecule has 1 aliphatic rings. The second kappa shape index (κ2) is 6.44. The molecule has 106 valence electrons. The van der Waals surface area contributed by atoms with E-state index >= 15 is 0 Å². The fourth-order valence-corrected chi connectivity index (χ4v) is 2.61. The number of halogens is 2. The van der Waals surface area contributed by atoms with Crippen molar-refractivity contribution in [3.63, 3.8) is 0 Å². The maximum atomic E-state index is 13.2. The SMILES string of the molecule is CCC(C)C1CN(Cc2cc(F)cc(F)c2)CCN1. The molecule has 1 aliphatic heterocycles. The van der Waals surface area contributed by atoms with Crippen molar-refractivity contribution in [1.29, 1.82) is 0 Å². The van der Waals surface area contributed by atoms with Crippen LogP contribution in [0.5, 0.6) is 0 Å². The molecule has 2 unspecified atom stereocenters. The zero-order valence-electron chi connectivity index (χ0n) is 11.6. The molecule has 1 fully saturated rings. The van der Waals surface area contributed by atoms with Gasteiger partial charge in [-0.25, -0.2) is 8.78 Å². The standard InChI is InChI=1S/C15H22F2N2/c1-3-11(2)15-10-19(5-4-18-15)9-12-6-13(16)8-14(17)7-12/h6-8,11,15,18H,3-5,9-10H2,1-2H3. The molecule has 0 aliphatic carbocycles. The van der Waals surface area contributed by atoms with Crippen molar-refractivity contribution in [3.05, 3.63) is 35.4 Å². The lowest BCUT2D eigenvalue weighted by Crippen LogP contribution is -2.52. The predicted octanol–water partition coefficient (Wildman–Crippen LogP) is 2.78. The molecule has 4 heteroatoms. The van der Waals surface area contributed by atoms with E-state index in [9.17, 15) is 8.78 Å². The normalized spacial score (nSPS) is 22.4. The summed E-state index contributed by atoms with van der Waals surface area (Å²) in [5.74, 6) is -0.376. The van der Waals surface area contributed by atoms with Gasteiger partial charge in [0.1, 0.15) is 11.6 Å². The summed E-state index contributed by atoms with van der Waals surface area (Å²) in [6, 6.07) is 4.23. The molecule has 2 nitrogen and oxygen atoms in total. The zero-order chi connectivity index (χ0) is 13.8. The highest BCUT2D eigenvalue weighted by atomic mass is 19.1. The minimum atomic E-state index is -0.497. The van der Waals surface area contributed by atoms with Crippen LogP contribution in [0.1, 0.15) is 25.8 Å². The van der Waals surface area contributed by atoms with Crippen LogP contribution in [0.15, 0.2) is 18.2 Å². The van der Waals surface area contributed by atoms with Gasteiger partial charge in [0.25, 0.3) is 0 Å². The van der Waals surface area contributed by atoms with Crippen LogP contribution in [0.25, 0.3) is 0 Å². The van der Waals surface area contributed by atoms with Gasteiger partial charge >= 0.3 is 0 Å². The fourth-order valence-electron chi connectivity index (χ4n) is 2.61. The van der Waals surface area contributed by atoms with Crippen LogP contribution in [0.4, 0.5) is 8.78 Å². The lowest BCUT2D eigenvalue weighted by Gasteiger charge is -2.36. The van der Waals surface area contributed by atoms with Gasteiger partial charge in [-0.3, -0.25) is 4.90 Å². The average Bonchev–Trinajstić information content (AvgIpc) is 2.37. The molecule has 1 heterocycles. The molecule has 1 N–H and O–H groups in total. The molecule has 2 rings (SSSR count). The quantitative estimate of drug-likeness (QED) is 0.903. The first-order valence-corrected chi connectivity index (χ1v) is 6.99. The number of hydrogen-bond donors (Lipinski definition) is 1. The third kappa shape index (κ3) is 3.98. The molecular formula is C15H22F2N2. The van der Waals surface area contributed by atoms with Crippen LogP contribution < -0.4 is 5.32 Å². The van der Waals surface area contributed by atoms with E-state index in [0.717, 1.165) is 32.1 Å². The Balaban J connectivity index is 1.98. The van der Waals surface area contributed by atoms with Gasteiger partial charge in [-0.05, 0) is 23.6 Å². The highest BCUT2D eigenvalue weighted by molar-refractivity contribution is 5.17. The summed E-state index contributed by atoms with van der Waals surface area (Å²) in [6.45, 7) is 7.84. The second-order valence-electron chi connectivity index (χ2n) is 5.46. The predicted molar refractivity (Wildman–Crippen MR) is 72.9 cm³/mol. The number of benzene rings is 1. The maximum Gasteiger partial charge on any atom is 0.126 e. The first kappa shape index (κ1) is 14.4. The van der Waals surface area contributed by atoms with Crippen molar-refractivity contribution in [3.8, 4) is 0 Å².